The molecule has 0 radical (unpaired) electrons. The smallest absolute Gasteiger partial charge is 0.176 e. The summed E-state index contributed by atoms with van der Waals surface area (Å²) in [6, 6.07) is 22.4. The summed E-state index contributed by atoms with van der Waals surface area (Å²) in [6.07, 6.45) is 0. The van der Waals surface area contributed by atoms with E-state index in [2.05, 4.69) is 43.3 Å². The van der Waals surface area contributed by atoms with Crippen molar-refractivity contribution in [2.45, 2.75) is 20.1 Å². The van der Waals surface area contributed by atoms with Gasteiger partial charge in [0.2, 0.25) is 0 Å². The maximum Gasteiger partial charge on any atom is 0.176 e. The van der Waals surface area contributed by atoms with E-state index in [1.807, 2.05) is 30.3 Å². The van der Waals surface area contributed by atoms with E-state index in [0.717, 1.165) is 28.0 Å². The Hall–Kier alpha value is -2.78. The van der Waals surface area contributed by atoms with Gasteiger partial charge in [-0.15, -0.1) is 0 Å². The van der Waals surface area contributed by atoms with Crippen molar-refractivity contribution in [1.29, 1.82) is 0 Å². The number of aryl methyl sites for hydroxylation is 1. The second kappa shape index (κ2) is 6.38. The van der Waals surface area contributed by atoms with Crippen LogP contribution in [0, 0.1) is 6.92 Å². The van der Waals surface area contributed by atoms with Crippen molar-refractivity contribution in [1.82, 2.24) is 0 Å². The van der Waals surface area contributed by atoms with Crippen molar-refractivity contribution < 1.29 is 14.5 Å². The lowest BCUT2D eigenvalue weighted by molar-refractivity contribution is -0.215. The summed E-state index contributed by atoms with van der Waals surface area (Å²) in [4.78, 5) is 10.8. The number of ether oxygens (including phenoxy) is 1. The van der Waals surface area contributed by atoms with Crippen LogP contribution in [0.4, 0.5) is 0 Å². The van der Waals surface area contributed by atoms with E-state index in [0.29, 0.717) is 19.0 Å². The van der Waals surface area contributed by atoms with Crippen LogP contribution in [0.3, 0.4) is 0 Å². The van der Waals surface area contributed by atoms with Gasteiger partial charge in [0, 0.05) is 11.6 Å². The lowest BCUT2D eigenvalue weighted by Crippen LogP contribution is -1.97. The topological polar surface area (TPSA) is 27.7 Å². The van der Waals surface area contributed by atoms with Crippen LogP contribution in [0.15, 0.2) is 66.7 Å². The summed E-state index contributed by atoms with van der Waals surface area (Å²) in [6.45, 7) is 3.03. The molecule has 0 saturated carbocycles. The minimum atomic E-state index is 0.435. The number of benzene rings is 3. The van der Waals surface area contributed by atoms with Crippen LogP contribution in [0.2, 0.25) is 0 Å². The van der Waals surface area contributed by atoms with Gasteiger partial charge in [-0.05, 0) is 35.7 Å². The average molecular weight is 318 g/mol. The molecule has 0 unspecified atom stereocenters. The highest BCUT2D eigenvalue weighted by molar-refractivity contribution is 5.74. The Labute approximate surface area is 141 Å². The minimum Gasteiger partial charge on any atom is -0.489 e. The molecule has 0 aromatic heterocycles. The van der Waals surface area contributed by atoms with Gasteiger partial charge < -0.3 is 9.62 Å². The SMILES string of the molecule is Cc1ccc(COc2ccc3c(c2)OOCc2ccccc2-3)cc1. The third kappa shape index (κ3) is 2.99. The number of hydrogen-bond acceptors (Lipinski definition) is 3. The average Bonchev–Trinajstić information content (AvgIpc) is 2.80. The van der Waals surface area contributed by atoms with Gasteiger partial charge in [0.05, 0.1) is 0 Å². The zero-order valence-corrected chi connectivity index (χ0v) is 13.5. The standard InChI is InChI=1S/C21H18O3/c1-15-6-8-16(9-7-15)13-22-18-10-11-20-19-5-3-2-4-17(19)14-23-24-21(20)12-18/h2-12H,13-14H2,1H3. The molecule has 4 rings (SSSR count). The van der Waals surface area contributed by atoms with Gasteiger partial charge in [-0.1, -0.05) is 54.1 Å². The third-order valence-corrected chi connectivity index (χ3v) is 4.15. The molecule has 0 spiro atoms. The predicted octanol–water partition coefficient (Wildman–Crippen LogP) is 5.07. The van der Waals surface area contributed by atoms with Crippen molar-refractivity contribution in [3.05, 3.63) is 83.4 Å². The molecular weight excluding hydrogens is 300 g/mol. The molecule has 120 valence electrons. The van der Waals surface area contributed by atoms with Gasteiger partial charge in [0.15, 0.2) is 5.75 Å². The number of rotatable bonds is 3. The van der Waals surface area contributed by atoms with Gasteiger partial charge in [0.25, 0.3) is 0 Å². The van der Waals surface area contributed by atoms with Crippen LogP contribution in [-0.2, 0) is 18.1 Å². The van der Waals surface area contributed by atoms with E-state index in [1.54, 1.807) is 0 Å². The molecule has 0 atom stereocenters. The van der Waals surface area contributed by atoms with Gasteiger partial charge in [-0.25, -0.2) is 0 Å². The molecule has 0 amide bonds. The molecule has 3 heteroatoms. The largest absolute Gasteiger partial charge is 0.489 e. The highest BCUT2D eigenvalue weighted by Crippen LogP contribution is 2.38. The molecule has 3 aromatic carbocycles. The van der Waals surface area contributed by atoms with Crippen LogP contribution in [0.1, 0.15) is 16.7 Å². The first-order valence-corrected chi connectivity index (χ1v) is 8.00. The van der Waals surface area contributed by atoms with E-state index in [4.69, 9.17) is 14.5 Å². The minimum absolute atomic E-state index is 0.435. The number of hydrogen-bond donors (Lipinski definition) is 0. The Kier molecular flexibility index (Phi) is 3.93. The van der Waals surface area contributed by atoms with Crippen molar-refractivity contribution in [2.24, 2.45) is 0 Å². The monoisotopic (exact) mass is 318 g/mol. The van der Waals surface area contributed by atoms with Gasteiger partial charge >= 0.3 is 0 Å². The molecule has 3 aromatic rings. The van der Waals surface area contributed by atoms with Crippen LogP contribution >= 0.6 is 0 Å². The molecule has 0 bridgehead atoms. The molecule has 3 nitrogen and oxygen atoms in total. The summed E-state index contributed by atoms with van der Waals surface area (Å²) >= 11 is 0. The van der Waals surface area contributed by atoms with Crippen LogP contribution in [-0.4, -0.2) is 0 Å². The molecule has 1 aliphatic rings. The maximum atomic E-state index is 5.89. The summed E-state index contributed by atoms with van der Waals surface area (Å²) in [5.41, 5.74) is 5.65. The van der Waals surface area contributed by atoms with E-state index < -0.39 is 0 Å². The lowest BCUT2D eigenvalue weighted by atomic mass is 9.99. The van der Waals surface area contributed by atoms with Gasteiger partial charge in [-0.2, -0.15) is 4.89 Å². The summed E-state index contributed by atoms with van der Waals surface area (Å²) in [5.74, 6) is 1.44. The Morgan fingerprint density at radius 1 is 0.917 bits per heavy atom. The fraction of sp³-hybridized carbons (Fsp3) is 0.143. The third-order valence-electron chi connectivity index (χ3n) is 4.15. The molecule has 0 aliphatic carbocycles. The normalized spacial score (nSPS) is 12.5. The molecule has 0 fully saturated rings. The second-order valence-corrected chi connectivity index (χ2v) is 5.93. The maximum absolute atomic E-state index is 5.89. The second-order valence-electron chi connectivity index (χ2n) is 5.93. The van der Waals surface area contributed by atoms with Crippen molar-refractivity contribution in [3.63, 3.8) is 0 Å². The fourth-order valence-corrected chi connectivity index (χ4v) is 2.80. The molecule has 1 aliphatic heterocycles. The Bertz CT molecular complexity index is 853. The van der Waals surface area contributed by atoms with Gasteiger partial charge in [-0.3, -0.25) is 0 Å². The van der Waals surface area contributed by atoms with E-state index in [9.17, 15) is 0 Å². The first-order chi connectivity index (χ1) is 11.8. The van der Waals surface area contributed by atoms with Crippen LogP contribution in [0.5, 0.6) is 11.5 Å². The summed E-state index contributed by atoms with van der Waals surface area (Å²) < 4.78 is 5.89. The Balaban J connectivity index is 1.58. The Morgan fingerprint density at radius 2 is 1.75 bits per heavy atom. The summed E-state index contributed by atoms with van der Waals surface area (Å²) in [5, 5.41) is 0. The van der Waals surface area contributed by atoms with Crippen molar-refractivity contribution in [2.75, 3.05) is 0 Å². The molecule has 24 heavy (non-hydrogen) atoms. The highest BCUT2D eigenvalue weighted by atomic mass is 17.2. The van der Waals surface area contributed by atoms with Crippen LogP contribution < -0.4 is 9.62 Å². The molecule has 1 heterocycles. The quantitative estimate of drug-likeness (QED) is 0.631. The molecule has 0 N–H and O–H groups in total. The summed E-state index contributed by atoms with van der Waals surface area (Å²) in [7, 11) is 0. The first-order valence-electron chi connectivity index (χ1n) is 8.00. The predicted molar refractivity (Wildman–Crippen MR) is 92.8 cm³/mol. The van der Waals surface area contributed by atoms with Crippen molar-refractivity contribution >= 4 is 0 Å². The first kappa shape index (κ1) is 14.8. The molecule has 0 saturated heterocycles. The fourth-order valence-electron chi connectivity index (χ4n) is 2.80. The van der Waals surface area contributed by atoms with E-state index >= 15 is 0 Å². The zero-order valence-electron chi connectivity index (χ0n) is 13.5. The Morgan fingerprint density at radius 3 is 2.62 bits per heavy atom. The van der Waals surface area contributed by atoms with Crippen LogP contribution in [0.25, 0.3) is 11.1 Å². The van der Waals surface area contributed by atoms with E-state index in [1.165, 1.54) is 5.56 Å². The van der Waals surface area contributed by atoms with Crippen molar-refractivity contribution in [3.8, 4) is 22.6 Å². The molecular formula is C21H18O3. The van der Waals surface area contributed by atoms with Gasteiger partial charge in [0.1, 0.15) is 19.0 Å². The van der Waals surface area contributed by atoms with E-state index in [-0.39, 0.29) is 0 Å². The zero-order chi connectivity index (χ0) is 16.4. The lowest BCUT2D eigenvalue weighted by Gasteiger charge is -2.11. The number of fused-ring (bicyclic) bond motifs is 3. The highest BCUT2D eigenvalue weighted by Gasteiger charge is 2.16.